The van der Waals surface area contributed by atoms with Crippen LogP contribution in [0.5, 0.6) is 0 Å². The number of rotatable bonds is 7. The summed E-state index contributed by atoms with van der Waals surface area (Å²) in [6.07, 6.45) is 0. The van der Waals surface area contributed by atoms with E-state index in [0.717, 1.165) is 32.7 Å². The molecule has 0 aromatic rings. The van der Waals surface area contributed by atoms with Crippen LogP contribution in [0.1, 0.15) is 34.6 Å². The lowest BCUT2D eigenvalue weighted by atomic mass is 10.2. The van der Waals surface area contributed by atoms with Crippen molar-refractivity contribution in [2.24, 2.45) is 5.92 Å². The van der Waals surface area contributed by atoms with Gasteiger partial charge in [-0.05, 0) is 26.7 Å². The number of carbonyl (C=O) groups is 2. The molecule has 1 aliphatic rings. The zero-order valence-corrected chi connectivity index (χ0v) is 14.7. The van der Waals surface area contributed by atoms with Crippen LogP contribution in [0.3, 0.4) is 0 Å². The van der Waals surface area contributed by atoms with Gasteiger partial charge >= 0.3 is 0 Å². The largest absolute Gasteiger partial charge is 0.354 e. The van der Waals surface area contributed by atoms with Crippen LogP contribution >= 0.6 is 0 Å². The van der Waals surface area contributed by atoms with Gasteiger partial charge in [-0.1, -0.05) is 13.8 Å². The molecule has 0 aliphatic carbocycles. The van der Waals surface area contributed by atoms with Gasteiger partial charge in [0, 0.05) is 38.8 Å². The minimum absolute atomic E-state index is 0.0752. The first kappa shape index (κ1) is 18.9. The zero-order chi connectivity index (χ0) is 16.7. The molecule has 1 atom stereocenters. The van der Waals surface area contributed by atoms with Crippen LogP contribution in [0.25, 0.3) is 0 Å². The maximum absolute atomic E-state index is 12.1. The fraction of sp³-hybridized carbons (Fsp3) is 0.875. The Hall–Kier alpha value is -1.14. The van der Waals surface area contributed by atoms with Crippen molar-refractivity contribution in [2.75, 3.05) is 39.3 Å². The van der Waals surface area contributed by atoms with E-state index in [4.69, 9.17) is 0 Å². The van der Waals surface area contributed by atoms with Crippen molar-refractivity contribution in [3.63, 3.8) is 0 Å². The van der Waals surface area contributed by atoms with Crippen molar-refractivity contribution in [1.82, 2.24) is 20.4 Å². The number of carbonyl (C=O) groups excluding carboxylic acids is 2. The molecule has 6 nitrogen and oxygen atoms in total. The molecule has 22 heavy (non-hydrogen) atoms. The molecule has 2 N–H and O–H groups in total. The van der Waals surface area contributed by atoms with E-state index in [9.17, 15) is 9.59 Å². The molecule has 0 spiro atoms. The Morgan fingerprint density at radius 1 is 1.00 bits per heavy atom. The van der Waals surface area contributed by atoms with Gasteiger partial charge in [0.05, 0.1) is 12.6 Å². The SMILES string of the molecule is CC(C)CNC(=O)C(C)N1CCN(CC(=O)NC(C)C)CC1. The van der Waals surface area contributed by atoms with Crippen molar-refractivity contribution in [3.8, 4) is 0 Å². The maximum Gasteiger partial charge on any atom is 0.237 e. The van der Waals surface area contributed by atoms with Crippen LogP contribution in [0.4, 0.5) is 0 Å². The van der Waals surface area contributed by atoms with Crippen LogP contribution in [0.2, 0.25) is 0 Å². The quantitative estimate of drug-likeness (QED) is 0.709. The highest BCUT2D eigenvalue weighted by atomic mass is 16.2. The third kappa shape index (κ3) is 6.75. The molecule has 2 amide bonds. The first-order chi connectivity index (χ1) is 10.3. The first-order valence-electron chi connectivity index (χ1n) is 8.33. The highest BCUT2D eigenvalue weighted by molar-refractivity contribution is 5.81. The normalized spacial score (nSPS) is 18.5. The molecule has 1 fully saturated rings. The Labute approximate surface area is 134 Å². The molecule has 1 saturated heterocycles. The lowest BCUT2D eigenvalue weighted by Gasteiger charge is -2.37. The molecule has 1 unspecified atom stereocenters. The number of amides is 2. The third-order valence-electron chi connectivity index (χ3n) is 3.84. The second-order valence-corrected chi connectivity index (χ2v) is 6.85. The van der Waals surface area contributed by atoms with Crippen molar-refractivity contribution < 1.29 is 9.59 Å². The number of hydrogen-bond acceptors (Lipinski definition) is 4. The van der Waals surface area contributed by atoms with Gasteiger partial charge in [0.15, 0.2) is 0 Å². The van der Waals surface area contributed by atoms with Gasteiger partial charge in [-0.25, -0.2) is 0 Å². The zero-order valence-electron chi connectivity index (χ0n) is 14.7. The van der Waals surface area contributed by atoms with Crippen LogP contribution in [0.15, 0.2) is 0 Å². The predicted molar refractivity (Wildman–Crippen MR) is 88.6 cm³/mol. The summed E-state index contributed by atoms with van der Waals surface area (Å²) in [7, 11) is 0. The topological polar surface area (TPSA) is 64.7 Å². The standard InChI is InChI=1S/C16H32N4O2/c1-12(2)10-17-16(22)14(5)20-8-6-19(7-9-20)11-15(21)18-13(3)4/h12-14H,6-11H2,1-5H3,(H,17,22)(H,18,21). The van der Waals surface area contributed by atoms with Gasteiger partial charge in [-0.2, -0.15) is 0 Å². The maximum atomic E-state index is 12.1. The van der Waals surface area contributed by atoms with Crippen molar-refractivity contribution >= 4 is 11.8 Å². The average Bonchev–Trinajstić information content (AvgIpc) is 2.43. The van der Waals surface area contributed by atoms with Crippen LogP contribution in [-0.2, 0) is 9.59 Å². The lowest BCUT2D eigenvalue weighted by molar-refractivity contribution is -0.128. The van der Waals surface area contributed by atoms with E-state index in [0.29, 0.717) is 12.5 Å². The Morgan fingerprint density at radius 3 is 2.09 bits per heavy atom. The van der Waals surface area contributed by atoms with Gasteiger partial charge in [0.25, 0.3) is 0 Å². The Bertz CT molecular complexity index is 363. The number of hydrogen-bond donors (Lipinski definition) is 2. The van der Waals surface area contributed by atoms with E-state index < -0.39 is 0 Å². The van der Waals surface area contributed by atoms with Crippen molar-refractivity contribution in [3.05, 3.63) is 0 Å². The van der Waals surface area contributed by atoms with Crippen LogP contribution in [-0.4, -0.2) is 73.0 Å². The average molecular weight is 312 g/mol. The molecule has 0 radical (unpaired) electrons. The molecule has 1 heterocycles. The fourth-order valence-electron chi connectivity index (χ4n) is 2.50. The van der Waals surface area contributed by atoms with E-state index in [1.54, 1.807) is 0 Å². The lowest BCUT2D eigenvalue weighted by Crippen LogP contribution is -2.55. The highest BCUT2D eigenvalue weighted by Gasteiger charge is 2.26. The molecule has 0 saturated carbocycles. The number of piperazine rings is 1. The molecular weight excluding hydrogens is 280 g/mol. The molecule has 0 bridgehead atoms. The molecule has 1 aliphatic heterocycles. The summed E-state index contributed by atoms with van der Waals surface area (Å²) >= 11 is 0. The van der Waals surface area contributed by atoms with Crippen LogP contribution in [0, 0.1) is 5.92 Å². The van der Waals surface area contributed by atoms with Crippen molar-refractivity contribution in [2.45, 2.75) is 46.7 Å². The predicted octanol–water partition coefficient (Wildman–Crippen LogP) is 0.289. The molecule has 0 aromatic carbocycles. The Kier molecular flexibility index (Phi) is 7.82. The summed E-state index contributed by atoms with van der Waals surface area (Å²) in [6, 6.07) is 0.0730. The van der Waals surface area contributed by atoms with E-state index in [1.165, 1.54) is 0 Å². The smallest absolute Gasteiger partial charge is 0.237 e. The summed E-state index contributed by atoms with van der Waals surface area (Å²) < 4.78 is 0. The van der Waals surface area contributed by atoms with Gasteiger partial charge in [0.1, 0.15) is 0 Å². The van der Waals surface area contributed by atoms with E-state index >= 15 is 0 Å². The molecule has 128 valence electrons. The summed E-state index contributed by atoms with van der Waals surface area (Å²) in [5.41, 5.74) is 0. The second-order valence-electron chi connectivity index (χ2n) is 6.85. The van der Waals surface area contributed by atoms with Gasteiger partial charge < -0.3 is 10.6 Å². The summed E-state index contributed by atoms with van der Waals surface area (Å²) in [5.74, 6) is 0.637. The molecule has 0 aromatic heterocycles. The summed E-state index contributed by atoms with van der Waals surface area (Å²) in [4.78, 5) is 28.2. The summed E-state index contributed by atoms with van der Waals surface area (Å²) in [5, 5.41) is 5.90. The summed E-state index contributed by atoms with van der Waals surface area (Å²) in [6.45, 7) is 14.5. The number of nitrogens with one attached hydrogen (secondary N) is 2. The second kappa shape index (κ2) is 9.10. The van der Waals surface area contributed by atoms with E-state index in [-0.39, 0.29) is 23.9 Å². The monoisotopic (exact) mass is 312 g/mol. The van der Waals surface area contributed by atoms with Crippen LogP contribution < -0.4 is 10.6 Å². The molecule has 1 rings (SSSR count). The van der Waals surface area contributed by atoms with Gasteiger partial charge in [0.2, 0.25) is 11.8 Å². The van der Waals surface area contributed by atoms with Crippen molar-refractivity contribution in [1.29, 1.82) is 0 Å². The fourth-order valence-corrected chi connectivity index (χ4v) is 2.50. The third-order valence-corrected chi connectivity index (χ3v) is 3.84. The van der Waals surface area contributed by atoms with E-state index in [1.807, 2.05) is 20.8 Å². The molecular formula is C16H32N4O2. The molecule has 6 heteroatoms. The van der Waals surface area contributed by atoms with Gasteiger partial charge in [-0.15, -0.1) is 0 Å². The first-order valence-corrected chi connectivity index (χ1v) is 8.33. The minimum Gasteiger partial charge on any atom is -0.354 e. The van der Waals surface area contributed by atoms with E-state index in [2.05, 4.69) is 34.3 Å². The Morgan fingerprint density at radius 2 is 1.59 bits per heavy atom. The Balaban J connectivity index is 2.32. The minimum atomic E-state index is -0.106. The number of nitrogens with zero attached hydrogens (tertiary/aromatic N) is 2. The van der Waals surface area contributed by atoms with Gasteiger partial charge in [-0.3, -0.25) is 19.4 Å². The highest BCUT2D eigenvalue weighted by Crippen LogP contribution is 2.06.